The van der Waals surface area contributed by atoms with Crippen molar-refractivity contribution in [2.24, 2.45) is 11.8 Å². The Labute approximate surface area is 128 Å². The summed E-state index contributed by atoms with van der Waals surface area (Å²) >= 11 is 0. The standard InChI is InChI=1S/C16H20N4O2/c1-11-8-19(10-16(11,22)12-6-7-12)15(21)9-20-17-13-4-2-3-5-14(13)18-20/h2-5,11-12,22H,6-10H2,1H3/t11-,16+/m1/s1. The maximum Gasteiger partial charge on any atom is 0.246 e. The molecule has 2 aromatic rings. The van der Waals surface area contributed by atoms with Crippen LogP contribution in [0, 0.1) is 11.8 Å². The minimum atomic E-state index is -0.697. The molecule has 1 aliphatic carbocycles. The number of hydrogen-bond donors (Lipinski definition) is 1. The zero-order valence-corrected chi connectivity index (χ0v) is 12.6. The number of carbonyl (C=O) groups is 1. The number of hydrogen-bond acceptors (Lipinski definition) is 4. The van der Waals surface area contributed by atoms with Crippen molar-refractivity contribution < 1.29 is 9.90 Å². The lowest BCUT2D eigenvalue weighted by molar-refractivity contribution is -0.132. The van der Waals surface area contributed by atoms with Gasteiger partial charge in [-0.3, -0.25) is 4.79 Å². The molecule has 0 spiro atoms. The molecule has 1 aromatic heterocycles. The summed E-state index contributed by atoms with van der Waals surface area (Å²) in [5.41, 5.74) is 0.886. The van der Waals surface area contributed by atoms with Gasteiger partial charge < -0.3 is 10.0 Å². The summed E-state index contributed by atoms with van der Waals surface area (Å²) in [5, 5.41) is 19.4. The predicted molar refractivity (Wildman–Crippen MR) is 80.9 cm³/mol. The summed E-state index contributed by atoms with van der Waals surface area (Å²) in [5.74, 6) is 0.475. The lowest BCUT2D eigenvalue weighted by atomic mass is 9.88. The van der Waals surface area contributed by atoms with Gasteiger partial charge in [-0.15, -0.1) is 0 Å². The number of nitrogens with zero attached hydrogens (tertiary/aromatic N) is 4. The van der Waals surface area contributed by atoms with Gasteiger partial charge in [0.2, 0.25) is 5.91 Å². The van der Waals surface area contributed by atoms with Gasteiger partial charge in [-0.1, -0.05) is 19.1 Å². The van der Waals surface area contributed by atoms with E-state index in [2.05, 4.69) is 10.2 Å². The summed E-state index contributed by atoms with van der Waals surface area (Å²) in [6, 6.07) is 7.57. The van der Waals surface area contributed by atoms with Crippen molar-refractivity contribution in [3.8, 4) is 0 Å². The molecule has 6 nitrogen and oxygen atoms in total. The van der Waals surface area contributed by atoms with Crippen LogP contribution in [0.25, 0.3) is 11.0 Å². The molecule has 2 heterocycles. The number of β-amino-alcohol motifs (C(OH)–C–C–N with tert-alkyl or cyclic N) is 1. The van der Waals surface area contributed by atoms with Crippen molar-refractivity contribution in [2.75, 3.05) is 13.1 Å². The van der Waals surface area contributed by atoms with E-state index in [1.54, 1.807) is 4.90 Å². The highest BCUT2D eigenvalue weighted by atomic mass is 16.3. The van der Waals surface area contributed by atoms with Crippen LogP contribution in [0.15, 0.2) is 24.3 Å². The fourth-order valence-corrected chi connectivity index (χ4v) is 3.52. The Bertz CT molecular complexity index is 691. The number of rotatable bonds is 3. The molecule has 1 saturated carbocycles. The Hall–Kier alpha value is -1.95. The molecule has 6 heteroatoms. The van der Waals surface area contributed by atoms with Crippen LogP contribution in [-0.4, -0.2) is 49.6 Å². The molecule has 1 amide bonds. The third-order valence-electron chi connectivity index (χ3n) is 5.03. The van der Waals surface area contributed by atoms with Crippen LogP contribution < -0.4 is 0 Å². The van der Waals surface area contributed by atoms with Gasteiger partial charge in [0.25, 0.3) is 0 Å². The lowest BCUT2D eigenvalue weighted by Crippen LogP contribution is -2.41. The van der Waals surface area contributed by atoms with Crippen LogP contribution in [0.3, 0.4) is 0 Å². The molecule has 116 valence electrons. The van der Waals surface area contributed by atoms with Crippen molar-refractivity contribution in [1.82, 2.24) is 19.9 Å². The molecular weight excluding hydrogens is 280 g/mol. The highest BCUT2D eigenvalue weighted by molar-refractivity contribution is 5.77. The Morgan fingerprint density at radius 3 is 2.55 bits per heavy atom. The van der Waals surface area contributed by atoms with Crippen LogP contribution in [0.5, 0.6) is 0 Å². The van der Waals surface area contributed by atoms with Gasteiger partial charge in [0.05, 0.1) is 12.1 Å². The second kappa shape index (κ2) is 4.78. The molecule has 0 bridgehead atoms. The maximum atomic E-state index is 12.5. The van der Waals surface area contributed by atoms with Crippen molar-refractivity contribution in [1.29, 1.82) is 0 Å². The van der Waals surface area contributed by atoms with E-state index in [4.69, 9.17) is 0 Å². The maximum absolute atomic E-state index is 12.5. The highest BCUT2D eigenvalue weighted by Crippen LogP contribution is 2.46. The molecule has 4 rings (SSSR count). The number of carbonyl (C=O) groups excluding carboxylic acids is 1. The SMILES string of the molecule is C[C@@H]1CN(C(=O)Cn2nc3ccccc3n2)C[C@@]1(O)C1CC1. The summed E-state index contributed by atoms with van der Waals surface area (Å²) in [6.45, 7) is 3.22. The van der Waals surface area contributed by atoms with E-state index in [1.807, 2.05) is 31.2 Å². The van der Waals surface area contributed by atoms with Gasteiger partial charge >= 0.3 is 0 Å². The van der Waals surface area contributed by atoms with Gasteiger partial charge in [0.15, 0.2) is 0 Å². The highest BCUT2D eigenvalue weighted by Gasteiger charge is 2.53. The fourth-order valence-electron chi connectivity index (χ4n) is 3.52. The molecule has 0 unspecified atom stereocenters. The van der Waals surface area contributed by atoms with Crippen LogP contribution in [0.1, 0.15) is 19.8 Å². The number of likely N-dealkylation sites (tertiary alicyclic amines) is 1. The van der Waals surface area contributed by atoms with E-state index in [9.17, 15) is 9.90 Å². The number of fused-ring (bicyclic) bond motifs is 1. The Balaban J connectivity index is 1.48. The summed E-state index contributed by atoms with van der Waals surface area (Å²) in [4.78, 5) is 15.7. The lowest BCUT2D eigenvalue weighted by Gasteiger charge is -2.26. The van der Waals surface area contributed by atoms with E-state index in [0.29, 0.717) is 19.0 Å². The minimum absolute atomic E-state index is 0.0243. The second-order valence-corrected chi connectivity index (χ2v) is 6.66. The van der Waals surface area contributed by atoms with Gasteiger partial charge in [-0.2, -0.15) is 15.0 Å². The first kappa shape index (κ1) is 13.7. The molecule has 2 atom stereocenters. The fraction of sp³-hybridized carbons (Fsp3) is 0.562. The summed E-state index contributed by atoms with van der Waals surface area (Å²) in [7, 11) is 0. The van der Waals surface area contributed by atoms with Crippen LogP contribution in [0.2, 0.25) is 0 Å². The van der Waals surface area contributed by atoms with Gasteiger partial charge in [0.1, 0.15) is 17.6 Å². The molecule has 1 N–H and O–H groups in total. The van der Waals surface area contributed by atoms with E-state index in [-0.39, 0.29) is 18.4 Å². The molecular formula is C16H20N4O2. The van der Waals surface area contributed by atoms with Crippen LogP contribution >= 0.6 is 0 Å². The zero-order valence-electron chi connectivity index (χ0n) is 12.6. The average Bonchev–Trinajstić information content (AvgIpc) is 3.20. The Morgan fingerprint density at radius 1 is 1.32 bits per heavy atom. The van der Waals surface area contributed by atoms with E-state index in [0.717, 1.165) is 23.9 Å². The first-order chi connectivity index (χ1) is 10.6. The molecule has 1 aromatic carbocycles. The van der Waals surface area contributed by atoms with Gasteiger partial charge in [-0.25, -0.2) is 0 Å². The monoisotopic (exact) mass is 300 g/mol. The minimum Gasteiger partial charge on any atom is -0.387 e. The molecule has 2 aliphatic rings. The zero-order chi connectivity index (χ0) is 15.3. The smallest absolute Gasteiger partial charge is 0.246 e. The van der Waals surface area contributed by atoms with Gasteiger partial charge in [0, 0.05) is 12.5 Å². The number of aliphatic hydroxyl groups is 1. The van der Waals surface area contributed by atoms with E-state index in [1.165, 1.54) is 4.80 Å². The van der Waals surface area contributed by atoms with E-state index >= 15 is 0 Å². The molecule has 22 heavy (non-hydrogen) atoms. The average molecular weight is 300 g/mol. The largest absolute Gasteiger partial charge is 0.387 e. The van der Waals surface area contributed by atoms with Crippen molar-refractivity contribution in [3.05, 3.63) is 24.3 Å². The predicted octanol–water partition coefficient (Wildman–Crippen LogP) is 1.05. The van der Waals surface area contributed by atoms with Gasteiger partial charge in [-0.05, 0) is 30.9 Å². The number of aromatic nitrogens is 3. The van der Waals surface area contributed by atoms with Crippen molar-refractivity contribution >= 4 is 16.9 Å². The number of benzene rings is 1. The van der Waals surface area contributed by atoms with E-state index < -0.39 is 5.60 Å². The third kappa shape index (κ3) is 2.18. The number of amides is 1. The topological polar surface area (TPSA) is 71.2 Å². The first-order valence-electron chi connectivity index (χ1n) is 7.86. The van der Waals surface area contributed by atoms with Crippen molar-refractivity contribution in [3.63, 3.8) is 0 Å². The summed E-state index contributed by atoms with van der Waals surface area (Å²) < 4.78 is 0. The Kier molecular flexibility index (Phi) is 2.97. The normalized spacial score (nSPS) is 28.5. The van der Waals surface area contributed by atoms with Crippen LogP contribution in [0.4, 0.5) is 0 Å². The van der Waals surface area contributed by atoms with Crippen molar-refractivity contribution in [2.45, 2.75) is 31.9 Å². The summed E-state index contributed by atoms with van der Waals surface area (Å²) in [6.07, 6.45) is 2.16. The second-order valence-electron chi connectivity index (χ2n) is 6.66. The third-order valence-corrected chi connectivity index (χ3v) is 5.03. The molecule has 0 radical (unpaired) electrons. The Morgan fingerprint density at radius 2 is 1.95 bits per heavy atom. The molecule has 1 saturated heterocycles. The first-order valence-corrected chi connectivity index (χ1v) is 7.86. The molecule has 1 aliphatic heterocycles. The quantitative estimate of drug-likeness (QED) is 0.920. The molecule has 2 fully saturated rings. The van der Waals surface area contributed by atoms with Crippen LogP contribution in [-0.2, 0) is 11.3 Å².